The standard InChI is InChI=1S/C20H26N4O3/c1-23-13-21-12-16(23)20(26)22-15-11-17(27-14-7-3-2-4-8-14)19(25)18(15)24-9-5-6-10-24/h2-4,7-8,12-13,15,17-19,25H,5-6,9-11H2,1H3,(H,22,26)/t15-,17-,18+,19+/m1/s1. The highest BCUT2D eigenvalue weighted by atomic mass is 16.5. The summed E-state index contributed by atoms with van der Waals surface area (Å²) in [6.07, 6.45) is 4.98. The van der Waals surface area contributed by atoms with Crippen molar-refractivity contribution in [2.24, 2.45) is 7.05 Å². The molecule has 0 radical (unpaired) electrons. The van der Waals surface area contributed by atoms with Crippen LogP contribution in [0.5, 0.6) is 5.75 Å². The molecule has 4 atom stereocenters. The summed E-state index contributed by atoms with van der Waals surface area (Å²) < 4.78 is 7.76. The van der Waals surface area contributed by atoms with E-state index in [1.54, 1.807) is 24.1 Å². The number of carbonyl (C=O) groups excluding carboxylic acids is 1. The van der Waals surface area contributed by atoms with Crippen LogP contribution in [0.1, 0.15) is 29.8 Å². The zero-order chi connectivity index (χ0) is 18.8. The number of hydrogen-bond acceptors (Lipinski definition) is 5. The van der Waals surface area contributed by atoms with Crippen molar-refractivity contribution in [2.45, 2.75) is 43.6 Å². The number of aliphatic hydroxyl groups excluding tert-OH is 1. The van der Waals surface area contributed by atoms with Crippen molar-refractivity contribution < 1.29 is 14.6 Å². The lowest BCUT2D eigenvalue weighted by Crippen LogP contribution is -2.52. The fourth-order valence-electron chi connectivity index (χ4n) is 4.25. The molecular weight excluding hydrogens is 344 g/mol. The first kappa shape index (κ1) is 18.0. The van der Waals surface area contributed by atoms with Crippen LogP contribution in [0.15, 0.2) is 42.9 Å². The Bertz CT molecular complexity index is 773. The quantitative estimate of drug-likeness (QED) is 0.827. The van der Waals surface area contributed by atoms with E-state index >= 15 is 0 Å². The Balaban J connectivity index is 1.52. The van der Waals surface area contributed by atoms with Crippen LogP contribution in [0.2, 0.25) is 0 Å². The highest BCUT2D eigenvalue weighted by molar-refractivity contribution is 5.92. The number of nitrogens with zero attached hydrogens (tertiary/aromatic N) is 3. The number of rotatable bonds is 5. The van der Waals surface area contributed by atoms with E-state index in [2.05, 4.69) is 15.2 Å². The number of ether oxygens (including phenoxy) is 1. The number of benzene rings is 1. The molecule has 1 aliphatic carbocycles. The lowest BCUT2D eigenvalue weighted by Gasteiger charge is -2.31. The van der Waals surface area contributed by atoms with E-state index in [0.717, 1.165) is 31.7 Å². The molecule has 144 valence electrons. The molecule has 1 aliphatic heterocycles. The van der Waals surface area contributed by atoms with Gasteiger partial charge in [0.1, 0.15) is 23.7 Å². The summed E-state index contributed by atoms with van der Waals surface area (Å²) in [6, 6.07) is 9.22. The lowest BCUT2D eigenvalue weighted by atomic mass is 10.1. The van der Waals surface area contributed by atoms with Crippen LogP contribution in [0.3, 0.4) is 0 Å². The molecule has 1 saturated heterocycles. The Morgan fingerprint density at radius 3 is 2.67 bits per heavy atom. The number of amides is 1. The molecule has 0 spiro atoms. The van der Waals surface area contributed by atoms with Crippen LogP contribution in [-0.2, 0) is 7.05 Å². The Morgan fingerprint density at radius 1 is 1.26 bits per heavy atom. The Labute approximate surface area is 159 Å². The van der Waals surface area contributed by atoms with E-state index in [9.17, 15) is 9.90 Å². The van der Waals surface area contributed by atoms with Crippen LogP contribution in [-0.4, -0.2) is 62.8 Å². The number of aliphatic hydroxyl groups is 1. The minimum absolute atomic E-state index is 0.140. The van der Waals surface area contributed by atoms with Crippen molar-refractivity contribution in [3.63, 3.8) is 0 Å². The van der Waals surface area contributed by atoms with Gasteiger partial charge in [0.25, 0.3) is 5.91 Å². The molecule has 27 heavy (non-hydrogen) atoms. The van der Waals surface area contributed by atoms with Crippen molar-refractivity contribution in [3.05, 3.63) is 48.5 Å². The highest BCUT2D eigenvalue weighted by Gasteiger charge is 2.48. The van der Waals surface area contributed by atoms with Crippen LogP contribution < -0.4 is 10.1 Å². The third-order valence-corrected chi connectivity index (χ3v) is 5.59. The van der Waals surface area contributed by atoms with Gasteiger partial charge in [-0.2, -0.15) is 0 Å². The second-order valence-corrected chi connectivity index (χ2v) is 7.40. The normalized spacial score (nSPS) is 28.4. The summed E-state index contributed by atoms with van der Waals surface area (Å²) in [4.78, 5) is 19.0. The molecule has 0 unspecified atom stereocenters. The maximum Gasteiger partial charge on any atom is 0.269 e. The molecule has 1 saturated carbocycles. The average Bonchev–Trinajstić information content (AvgIpc) is 3.38. The summed E-state index contributed by atoms with van der Waals surface area (Å²) in [5.74, 6) is 0.567. The molecule has 1 aromatic heterocycles. The number of aryl methyl sites for hydroxylation is 1. The van der Waals surface area contributed by atoms with E-state index < -0.39 is 6.10 Å². The molecule has 7 heteroatoms. The minimum atomic E-state index is -0.653. The first-order valence-corrected chi connectivity index (χ1v) is 9.54. The number of para-hydroxylation sites is 1. The monoisotopic (exact) mass is 370 g/mol. The highest BCUT2D eigenvalue weighted by Crippen LogP contribution is 2.31. The first-order chi connectivity index (χ1) is 13.1. The summed E-state index contributed by atoms with van der Waals surface area (Å²) in [7, 11) is 1.80. The van der Waals surface area contributed by atoms with Gasteiger partial charge < -0.3 is 19.7 Å². The van der Waals surface area contributed by atoms with Gasteiger partial charge in [-0.05, 0) is 38.1 Å². The fraction of sp³-hybridized carbons (Fsp3) is 0.500. The van der Waals surface area contributed by atoms with Crippen molar-refractivity contribution in [1.82, 2.24) is 19.8 Å². The summed E-state index contributed by atoms with van der Waals surface area (Å²) >= 11 is 0. The van der Waals surface area contributed by atoms with E-state index in [0.29, 0.717) is 12.1 Å². The fourth-order valence-corrected chi connectivity index (χ4v) is 4.25. The molecular formula is C20H26N4O3. The van der Waals surface area contributed by atoms with Gasteiger partial charge >= 0.3 is 0 Å². The largest absolute Gasteiger partial charge is 0.488 e. The van der Waals surface area contributed by atoms with Gasteiger partial charge in [-0.3, -0.25) is 9.69 Å². The van der Waals surface area contributed by atoms with Crippen LogP contribution in [0.4, 0.5) is 0 Å². The van der Waals surface area contributed by atoms with Gasteiger partial charge in [0.2, 0.25) is 0 Å². The number of hydrogen-bond donors (Lipinski definition) is 2. The molecule has 7 nitrogen and oxygen atoms in total. The molecule has 4 rings (SSSR count). The van der Waals surface area contributed by atoms with E-state index in [1.165, 1.54) is 0 Å². The molecule has 1 aromatic carbocycles. The summed E-state index contributed by atoms with van der Waals surface area (Å²) in [5.41, 5.74) is 0.511. The average molecular weight is 370 g/mol. The molecule has 1 amide bonds. The zero-order valence-electron chi connectivity index (χ0n) is 15.5. The van der Waals surface area contributed by atoms with Crippen molar-refractivity contribution in [1.29, 1.82) is 0 Å². The van der Waals surface area contributed by atoms with Crippen LogP contribution in [0.25, 0.3) is 0 Å². The van der Waals surface area contributed by atoms with Crippen LogP contribution in [0, 0.1) is 0 Å². The molecule has 0 bridgehead atoms. The van der Waals surface area contributed by atoms with E-state index in [1.807, 2.05) is 30.3 Å². The smallest absolute Gasteiger partial charge is 0.269 e. The number of aromatic nitrogens is 2. The maximum absolute atomic E-state index is 12.7. The lowest BCUT2D eigenvalue weighted by molar-refractivity contribution is 0.0139. The third-order valence-electron chi connectivity index (χ3n) is 5.59. The van der Waals surface area contributed by atoms with Gasteiger partial charge in [0, 0.05) is 13.5 Å². The van der Waals surface area contributed by atoms with Crippen molar-refractivity contribution in [2.75, 3.05) is 13.1 Å². The van der Waals surface area contributed by atoms with Gasteiger partial charge in [0.05, 0.1) is 24.6 Å². The third kappa shape index (κ3) is 3.70. The molecule has 2 aromatic rings. The predicted octanol–water partition coefficient (Wildman–Crippen LogP) is 1.20. The number of imidazole rings is 1. The second kappa shape index (κ2) is 7.70. The Morgan fingerprint density at radius 2 is 2.00 bits per heavy atom. The molecule has 2 heterocycles. The number of carbonyl (C=O) groups is 1. The molecule has 2 aliphatic rings. The van der Waals surface area contributed by atoms with E-state index in [4.69, 9.17) is 4.74 Å². The van der Waals surface area contributed by atoms with Gasteiger partial charge in [0.15, 0.2) is 0 Å². The summed E-state index contributed by atoms with van der Waals surface area (Å²) in [5, 5.41) is 14.1. The zero-order valence-corrected chi connectivity index (χ0v) is 15.5. The summed E-state index contributed by atoms with van der Waals surface area (Å²) in [6.45, 7) is 1.88. The van der Waals surface area contributed by atoms with E-state index in [-0.39, 0.29) is 24.1 Å². The minimum Gasteiger partial charge on any atom is -0.488 e. The topological polar surface area (TPSA) is 79.6 Å². The molecule has 2 N–H and O–H groups in total. The van der Waals surface area contributed by atoms with Gasteiger partial charge in [-0.1, -0.05) is 18.2 Å². The van der Waals surface area contributed by atoms with Crippen molar-refractivity contribution >= 4 is 5.91 Å². The molecule has 2 fully saturated rings. The van der Waals surface area contributed by atoms with Crippen LogP contribution >= 0.6 is 0 Å². The number of nitrogens with one attached hydrogen (secondary N) is 1. The van der Waals surface area contributed by atoms with Gasteiger partial charge in [-0.25, -0.2) is 4.98 Å². The SMILES string of the molecule is Cn1cncc1C(=O)N[C@@H]1C[C@@H](Oc2ccccc2)[C@H](O)[C@H]1N1CCCC1. The number of likely N-dealkylation sites (tertiary alicyclic amines) is 1. The first-order valence-electron chi connectivity index (χ1n) is 9.54. The second-order valence-electron chi connectivity index (χ2n) is 7.40. The maximum atomic E-state index is 12.7. The Hall–Kier alpha value is -2.38. The predicted molar refractivity (Wildman–Crippen MR) is 101 cm³/mol. The van der Waals surface area contributed by atoms with Gasteiger partial charge in [-0.15, -0.1) is 0 Å². The Kier molecular flexibility index (Phi) is 5.13. The van der Waals surface area contributed by atoms with Crippen molar-refractivity contribution in [3.8, 4) is 5.75 Å².